The first-order valence-electron chi connectivity index (χ1n) is 7.07. The van der Waals surface area contributed by atoms with Crippen molar-refractivity contribution in [3.8, 4) is 0 Å². The normalized spacial score (nSPS) is 29.2. The van der Waals surface area contributed by atoms with E-state index in [-0.39, 0.29) is 0 Å². The Labute approximate surface area is 100 Å². The molecule has 0 amide bonds. The summed E-state index contributed by atoms with van der Waals surface area (Å²) in [4.78, 5) is 0. The molecule has 2 heteroatoms. The summed E-state index contributed by atoms with van der Waals surface area (Å²) in [7, 11) is 0. The molecule has 1 saturated carbocycles. The summed E-state index contributed by atoms with van der Waals surface area (Å²) in [5, 5.41) is 3.62. The first-order chi connectivity index (χ1) is 7.74. The lowest BCUT2D eigenvalue weighted by atomic mass is 9.79. The fourth-order valence-electron chi connectivity index (χ4n) is 3.04. The van der Waals surface area contributed by atoms with Gasteiger partial charge in [0.15, 0.2) is 0 Å². The van der Waals surface area contributed by atoms with Crippen LogP contribution in [0, 0.1) is 11.3 Å². The summed E-state index contributed by atoms with van der Waals surface area (Å²) in [6.45, 7) is 8.05. The quantitative estimate of drug-likeness (QED) is 0.673. The second-order valence-corrected chi connectivity index (χ2v) is 5.94. The van der Waals surface area contributed by atoms with Crippen LogP contribution in [0.3, 0.4) is 0 Å². The molecule has 0 radical (unpaired) electrons. The van der Waals surface area contributed by atoms with Crippen molar-refractivity contribution >= 4 is 0 Å². The highest BCUT2D eigenvalue weighted by Crippen LogP contribution is 2.48. The van der Waals surface area contributed by atoms with E-state index >= 15 is 0 Å². The Morgan fingerprint density at radius 2 is 2.12 bits per heavy atom. The van der Waals surface area contributed by atoms with E-state index in [0.29, 0.717) is 11.5 Å². The molecule has 0 spiro atoms. The second kappa shape index (κ2) is 5.50. The lowest BCUT2D eigenvalue weighted by Crippen LogP contribution is -2.37. The Balaban J connectivity index is 1.81. The topological polar surface area (TPSA) is 21.3 Å². The fraction of sp³-hybridized carbons (Fsp3) is 1.00. The van der Waals surface area contributed by atoms with Gasteiger partial charge in [0.2, 0.25) is 0 Å². The molecule has 2 nitrogen and oxygen atoms in total. The molecule has 0 bridgehead atoms. The van der Waals surface area contributed by atoms with E-state index in [4.69, 9.17) is 4.74 Å². The molecule has 16 heavy (non-hydrogen) atoms. The lowest BCUT2D eigenvalue weighted by Gasteiger charge is -2.32. The highest BCUT2D eigenvalue weighted by molar-refractivity contribution is 4.94. The summed E-state index contributed by atoms with van der Waals surface area (Å²) >= 11 is 0. The van der Waals surface area contributed by atoms with Gasteiger partial charge in [-0.15, -0.1) is 0 Å². The minimum absolute atomic E-state index is 0.490. The van der Waals surface area contributed by atoms with Crippen molar-refractivity contribution in [2.24, 2.45) is 11.3 Å². The molecule has 1 N–H and O–H groups in total. The number of rotatable bonds is 7. The molecule has 0 aromatic carbocycles. The molecule has 2 unspecified atom stereocenters. The van der Waals surface area contributed by atoms with Crippen molar-refractivity contribution in [2.75, 3.05) is 19.7 Å². The minimum atomic E-state index is 0.490. The van der Waals surface area contributed by atoms with Crippen LogP contribution >= 0.6 is 0 Å². The van der Waals surface area contributed by atoms with E-state index in [2.05, 4.69) is 19.2 Å². The van der Waals surface area contributed by atoms with Crippen LogP contribution in [-0.2, 0) is 4.74 Å². The van der Waals surface area contributed by atoms with Gasteiger partial charge in [-0.25, -0.2) is 0 Å². The average Bonchev–Trinajstić information content (AvgIpc) is 3.01. The van der Waals surface area contributed by atoms with E-state index in [1.807, 2.05) is 0 Å². The first kappa shape index (κ1) is 12.4. The lowest BCUT2D eigenvalue weighted by molar-refractivity contribution is 0.0579. The molecular formula is C14H27NO. The molecular weight excluding hydrogens is 198 g/mol. The maximum absolute atomic E-state index is 5.81. The van der Waals surface area contributed by atoms with E-state index < -0.39 is 0 Å². The third-order valence-corrected chi connectivity index (χ3v) is 4.24. The SMILES string of the molecule is CCCNCC(C)(CC1CCCO1)C1CC1. The summed E-state index contributed by atoms with van der Waals surface area (Å²) in [6.07, 6.45) is 8.50. The van der Waals surface area contributed by atoms with Crippen LogP contribution in [0.2, 0.25) is 0 Å². The van der Waals surface area contributed by atoms with Crippen molar-refractivity contribution in [2.45, 2.75) is 58.5 Å². The van der Waals surface area contributed by atoms with Crippen LogP contribution in [0.4, 0.5) is 0 Å². The molecule has 0 aromatic heterocycles. The maximum atomic E-state index is 5.81. The maximum Gasteiger partial charge on any atom is 0.0581 e. The molecule has 0 aromatic rings. The predicted molar refractivity (Wildman–Crippen MR) is 67.6 cm³/mol. The monoisotopic (exact) mass is 225 g/mol. The molecule has 1 saturated heterocycles. The van der Waals surface area contributed by atoms with Gasteiger partial charge in [0.1, 0.15) is 0 Å². The molecule has 1 aliphatic carbocycles. The van der Waals surface area contributed by atoms with E-state index in [9.17, 15) is 0 Å². The summed E-state index contributed by atoms with van der Waals surface area (Å²) in [6, 6.07) is 0. The molecule has 2 aliphatic rings. The van der Waals surface area contributed by atoms with Crippen LogP contribution < -0.4 is 5.32 Å². The molecule has 1 heterocycles. The smallest absolute Gasteiger partial charge is 0.0581 e. The minimum Gasteiger partial charge on any atom is -0.378 e. The van der Waals surface area contributed by atoms with Gasteiger partial charge >= 0.3 is 0 Å². The van der Waals surface area contributed by atoms with Gasteiger partial charge in [0.25, 0.3) is 0 Å². The summed E-state index contributed by atoms with van der Waals surface area (Å²) in [5.74, 6) is 0.959. The standard InChI is InChI=1S/C14H27NO/c1-3-8-15-11-14(2,12-6-7-12)10-13-5-4-9-16-13/h12-13,15H,3-11H2,1-2H3. The Kier molecular flexibility index (Phi) is 4.26. The predicted octanol–water partition coefficient (Wildman–Crippen LogP) is 2.97. The number of hydrogen-bond donors (Lipinski definition) is 1. The van der Waals surface area contributed by atoms with Gasteiger partial charge < -0.3 is 10.1 Å². The molecule has 94 valence electrons. The summed E-state index contributed by atoms with van der Waals surface area (Å²) in [5.41, 5.74) is 0.490. The highest BCUT2D eigenvalue weighted by Gasteiger charge is 2.42. The van der Waals surface area contributed by atoms with E-state index in [1.54, 1.807) is 0 Å². The van der Waals surface area contributed by atoms with Gasteiger partial charge in [-0.1, -0.05) is 13.8 Å². The Hall–Kier alpha value is -0.0800. The van der Waals surface area contributed by atoms with Crippen molar-refractivity contribution in [3.63, 3.8) is 0 Å². The third-order valence-electron chi connectivity index (χ3n) is 4.24. The molecule has 2 atom stereocenters. The van der Waals surface area contributed by atoms with Gasteiger partial charge in [-0.3, -0.25) is 0 Å². The number of hydrogen-bond acceptors (Lipinski definition) is 2. The zero-order valence-electron chi connectivity index (χ0n) is 10.9. The second-order valence-electron chi connectivity index (χ2n) is 5.94. The molecule has 1 aliphatic heterocycles. The number of nitrogens with one attached hydrogen (secondary N) is 1. The van der Waals surface area contributed by atoms with Crippen LogP contribution in [-0.4, -0.2) is 25.8 Å². The van der Waals surface area contributed by atoms with Gasteiger partial charge in [0, 0.05) is 13.2 Å². The van der Waals surface area contributed by atoms with Crippen molar-refractivity contribution < 1.29 is 4.74 Å². The van der Waals surface area contributed by atoms with Crippen molar-refractivity contribution in [3.05, 3.63) is 0 Å². The molecule has 2 rings (SSSR count). The van der Waals surface area contributed by atoms with E-state index in [1.165, 1.54) is 45.1 Å². The van der Waals surface area contributed by atoms with Crippen LogP contribution in [0.1, 0.15) is 52.4 Å². The van der Waals surface area contributed by atoms with Crippen molar-refractivity contribution in [1.29, 1.82) is 0 Å². The Morgan fingerprint density at radius 3 is 2.69 bits per heavy atom. The van der Waals surface area contributed by atoms with Crippen LogP contribution in [0.25, 0.3) is 0 Å². The van der Waals surface area contributed by atoms with Crippen LogP contribution in [0.15, 0.2) is 0 Å². The third kappa shape index (κ3) is 3.21. The fourth-order valence-corrected chi connectivity index (χ4v) is 3.04. The van der Waals surface area contributed by atoms with Gasteiger partial charge in [-0.05, 0) is 56.4 Å². The van der Waals surface area contributed by atoms with Crippen LogP contribution in [0.5, 0.6) is 0 Å². The largest absolute Gasteiger partial charge is 0.378 e. The Bertz CT molecular complexity index is 209. The zero-order chi connectivity index (χ0) is 11.4. The molecule has 2 fully saturated rings. The van der Waals surface area contributed by atoms with E-state index in [0.717, 1.165) is 19.1 Å². The zero-order valence-corrected chi connectivity index (χ0v) is 10.9. The van der Waals surface area contributed by atoms with Gasteiger partial charge in [0.05, 0.1) is 6.10 Å². The first-order valence-corrected chi connectivity index (χ1v) is 7.07. The number of ether oxygens (including phenoxy) is 1. The van der Waals surface area contributed by atoms with Crippen molar-refractivity contribution in [1.82, 2.24) is 5.32 Å². The van der Waals surface area contributed by atoms with Gasteiger partial charge in [-0.2, -0.15) is 0 Å². The summed E-state index contributed by atoms with van der Waals surface area (Å²) < 4.78 is 5.81. The highest BCUT2D eigenvalue weighted by atomic mass is 16.5. The average molecular weight is 225 g/mol. The Morgan fingerprint density at radius 1 is 1.31 bits per heavy atom.